The molecule has 0 spiro atoms. The first-order chi connectivity index (χ1) is 11.0. The van der Waals surface area contributed by atoms with Gasteiger partial charge in [-0.3, -0.25) is 4.79 Å². The van der Waals surface area contributed by atoms with Crippen LogP contribution in [0, 0.1) is 12.7 Å². The summed E-state index contributed by atoms with van der Waals surface area (Å²) in [5, 5.41) is 0. The fourth-order valence-corrected chi connectivity index (χ4v) is 2.52. The lowest BCUT2D eigenvalue weighted by atomic mass is 10.1. The van der Waals surface area contributed by atoms with Gasteiger partial charge < -0.3 is 4.57 Å². The van der Waals surface area contributed by atoms with Gasteiger partial charge in [-0.15, -0.1) is 0 Å². The standard InChI is InChI=1S/C19H17FN2O/c1-13-10-15(8-9-17(13)20)18-12-22(16-6-4-3-5-7-16)19(21-18)11-14(2)23/h3-10,12H,11H2,1-2H3. The average molecular weight is 308 g/mol. The molecule has 0 unspecified atom stereocenters. The van der Waals surface area contributed by atoms with Crippen molar-refractivity contribution in [2.75, 3.05) is 0 Å². The van der Waals surface area contributed by atoms with Crippen molar-refractivity contribution in [3.05, 3.63) is 71.9 Å². The second kappa shape index (κ2) is 6.16. The van der Waals surface area contributed by atoms with Crippen molar-refractivity contribution in [2.24, 2.45) is 0 Å². The van der Waals surface area contributed by atoms with Gasteiger partial charge in [0.1, 0.15) is 17.4 Å². The van der Waals surface area contributed by atoms with E-state index in [9.17, 15) is 9.18 Å². The number of ketones is 1. The summed E-state index contributed by atoms with van der Waals surface area (Å²) in [7, 11) is 0. The summed E-state index contributed by atoms with van der Waals surface area (Å²) in [5.41, 5.74) is 3.09. The maximum atomic E-state index is 13.5. The summed E-state index contributed by atoms with van der Waals surface area (Å²) in [6.07, 6.45) is 2.15. The van der Waals surface area contributed by atoms with Gasteiger partial charge in [0.05, 0.1) is 12.1 Å². The van der Waals surface area contributed by atoms with E-state index >= 15 is 0 Å². The molecule has 0 aliphatic rings. The lowest BCUT2D eigenvalue weighted by Gasteiger charge is -2.05. The van der Waals surface area contributed by atoms with Crippen LogP contribution >= 0.6 is 0 Å². The smallest absolute Gasteiger partial charge is 0.137 e. The van der Waals surface area contributed by atoms with Crippen molar-refractivity contribution in [1.82, 2.24) is 9.55 Å². The van der Waals surface area contributed by atoms with Gasteiger partial charge in [-0.05, 0) is 49.7 Å². The number of rotatable bonds is 4. The molecule has 0 bridgehead atoms. The number of carbonyl (C=O) groups excluding carboxylic acids is 1. The van der Waals surface area contributed by atoms with Crippen LogP contribution in [0.25, 0.3) is 16.9 Å². The minimum absolute atomic E-state index is 0.0506. The molecule has 0 saturated heterocycles. The SMILES string of the molecule is CC(=O)Cc1nc(-c2ccc(F)c(C)c2)cn1-c1ccccc1. The lowest BCUT2D eigenvalue weighted by Crippen LogP contribution is -2.05. The van der Waals surface area contributed by atoms with Crippen LogP contribution in [0.2, 0.25) is 0 Å². The number of Topliss-reactive ketones (excluding diaryl/α,β-unsaturated/α-hetero) is 1. The number of para-hydroxylation sites is 1. The maximum Gasteiger partial charge on any atom is 0.137 e. The van der Waals surface area contributed by atoms with Crippen molar-refractivity contribution in [2.45, 2.75) is 20.3 Å². The zero-order valence-electron chi connectivity index (χ0n) is 13.1. The highest BCUT2D eigenvalue weighted by atomic mass is 19.1. The van der Waals surface area contributed by atoms with E-state index in [0.717, 1.165) is 16.9 Å². The Bertz CT molecular complexity index is 853. The molecule has 1 aromatic heterocycles. The molecule has 0 saturated carbocycles. The third kappa shape index (κ3) is 3.21. The van der Waals surface area contributed by atoms with Gasteiger partial charge in [-0.2, -0.15) is 0 Å². The Morgan fingerprint density at radius 3 is 2.57 bits per heavy atom. The van der Waals surface area contributed by atoms with Crippen LogP contribution in [0.4, 0.5) is 4.39 Å². The molecule has 0 radical (unpaired) electrons. The molecule has 4 heteroatoms. The number of imidazole rings is 1. The summed E-state index contributed by atoms with van der Waals surface area (Å²) in [6.45, 7) is 3.27. The van der Waals surface area contributed by atoms with E-state index in [0.29, 0.717) is 11.4 Å². The molecular weight excluding hydrogens is 291 g/mol. The molecule has 1 heterocycles. The Hall–Kier alpha value is -2.75. The van der Waals surface area contributed by atoms with Gasteiger partial charge in [0, 0.05) is 17.4 Å². The summed E-state index contributed by atoms with van der Waals surface area (Å²) in [5.74, 6) is 0.496. The summed E-state index contributed by atoms with van der Waals surface area (Å²) in [6, 6.07) is 14.7. The maximum absolute atomic E-state index is 13.5. The Labute approximate surface area is 134 Å². The second-order valence-corrected chi connectivity index (χ2v) is 5.59. The number of halogens is 1. The van der Waals surface area contributed by atoms with Crippen LogP contribution in [0.3, 0.4) is 0 Å². The first-order valence-electron chi connectivity index (χ1n) is 7.44. The van der Waals surface area contributed by atoms with Crippen molar-refractivity contribution in [1.29, 1.82) is 0 Å². The number of aromatic nitrogens is 2. The van der Waals surface area contributed by atoms with E-state index in [-0.39, 0.29) is 18.0 Å². The first kappa shape index (κ1) is 15.2. The number of benzene rings is 2. The zero-order chi connectivity index (χ0) is 16.4. The normalized spacial score (nSPS) is 10.7. The van der Waals surface area contributed by atoms with Gasteiger partial charge in [-0.25, -0.2) is 9.37 Å². The molecule has 0 fully saturated rings. The zero-order valence-corrected chi connectivity index (χ0v) is 13.1. The molecular formula is C19H17FN2O. The molecule has 3 rings (SSSR count). The molecule has 116 valence electrons. The van der Waals surface area contributed by atoms with E-state index in [2.05, 4.69) is 4.98 Å². The minimum Gasteiger partial charge on any atom is -0.303 e. The Morgan fingerprint density at radius 1 is 1.17 bits per heavy atom. The third-order valence-electron chi connectivity index (χ3n) is 3.67. The Kier molecular flexibility index (Phi) is 4.06. The predicted molar refractivity (Wildman–Crippen MR) is 88.1 cm³/mol. The van der Waals surface area contributed by atoms with Crippen LogP contribution < -0.4 is 0 Å². The first-order valence-corrected chi connectivity index (χ1v) is 7.44. The van der Waals surface area contributed by atoms with Gasteiger partial charge >= 0.3 is 0 Å². The molecule has 0 atom stereocenters. The molecule has 3 aromatic rings. The lowest BCUT2D eigenvalue weighted by molar-refractivity contribution is -0.116. The van der Waals surface area contributed by atoms with E-state index < -0.39 is 0 Å². The number of aryl methyl sites for hydroxylation is 1. The quantitative estimate of drug-likeness (QED) is 0.726. The molecule has 23 heavy (non-hydrogen) atoms. The van der Waals surface area contributed by atoms with E-state index in [1.165, 1.54) is 6.07 Å². The van der Waals surface area contributed by atoms with Crippen molar-refractivity contribution in [3.63, 3.8) is 0 Å². The molecule has 0 N–H and O–H groups in total. The molecule has 0 aliphatic carbocycles. The van der Waals surface area contributed by atoms with Crippen LogP contribution in [0.5, 0.6) is 0 Å². The largest absolute Gasteiger partial charge is 0.303 e. The second-order valence-electron chi connectivity index (χ2n) is 5.59. The highest BCUT2D eigenvalue weighted by Gasteiger charge is 2.13. The Balaban J connectivity index is 2.10. The summed E-state index contributed by atoms with van der Waals surface area (Å²) in [4.78, 5) is 16.1. The van der Waals surface area contributed by atoms with Gasteiger partial charge in [0.15, 0.2) is 0 Å². The van der Waals surface area contributed by atoms with Crippen molar-refractivity contribution >= 4 is 5.78 Å². The topological polar surface area (TPSA) is 34.9 Å². The fourth-order valence-electron chi connectivity index (χ4n) is 2.52. The molecule has 0 amide bonds. The number of hydrogen-bond acceptors (Lipinski definition) is 2. The highest BCUT2D eigenvalue weighted by Crippen LogP contribution is 2.24. The molecule has 0 aliphatic heterocycles. The Morgan fingerprint density at radius 2 is 1.91 bits per heavy atom. The number of hydrogen-bond donors (Lipinski definition) is 0. The average Bonchev–Trinajstić information content (AvgIpc) is 2.94. The van der Waals surface area contributed by atoms with Gasteiger partial charge in [-0.1, -0.05) is 18.2 Å². The van der Waals surface area contributed by atoms with Crippen LogP contribution in [0.15, 0.2) is 54.7 Å². The minimum atomic E-state index is -0.236. The van der Waals surface area contributed by atoms with Crippen LogP contribution in [0.1, 0.15) is 18.3 Å². The van der Waals surface area contributed by atoms with E-state index in [1.807, 2.05) is 41.1 Å². The summed E-state index contributed by atoms with van der Waals surface area (Å²) >= 11 is 0. The number of carbonyl (C=O) groups is 1. The third-order valence-corrected chi connectivity index (χ3v) is 3.67. The number of nitrogens with zero attached hydrogens (tertiary/aromatic N) is 2. The van der Waals surface area contributed by atoms with Gasteiger partial charge in [0.25, 0.3) is 0 Å². The van der Waals surface area contributed by atoms with Crippen molar-refractivity contribution < 1.29 is 9.18 Å². The summed E-state index contributed by atoms with van der Waals surface area (Å²) < 4.78 is 15.4. The monoisotopic (exact) mass is 308 g/mol. The molecule has 3 nitrogen and oxygen atoms in total. The fraction of sp³-hybridized carbons (Fsp3) is 0.158. The van der Waals surface area contributed by atoms with Crippen LogP contribution in [-0.4, -0.2) is 15.3 Å². The van der Waals surface area contributed by atoms with Gasteiger partial charge in [0.2, 0.25) is 0 Å². The van der Waals surface area contributed by atoms with E-state index in [1.54, 1.807) is 26.0 Å². The van der Waals surface area contributed by atoms with Crippen molar-refractivity contribution in [3.8, 4) is 16.9 Å². The predicted octanol–water partition coefficient (Wildman–Crippen LogP) is 4.12. The van der Waals surface area contributed by atoms with Crippen LogP contribution in [-0.2, 0) is 11.2 Å². The highest BCUT2D eigenvalue weighted by molar-refractivity contribution is 5.78. The molecule has 2 aromatic carbocycles. The van der Waals surface area contributed by atoms with E-state index in [4.69, 9.17) is 0 Å².